The summed E-state index contributed by atoms with van der Waals surface area (Å²) >= 11 is 0. The second-order valence-corrected chi connectivity index (χ2v) is 2.41. The van der Waals surface area contributed by atoms with E-state index in [1.54, 1.807) is 6.92 Å². The maximum atomic E-state index is 11.1. The van der Waals surface area contributed by atoms with Crippen LogP contribution < -0.4 is 0 Å². The average molecular weight is 173 g/mol. The van der Waals surface area contributed by atoms with Gasteiger partial charge in [0.1, 0.15) is 0 Å². The Labute approximate surface area is 72.2 Å². The zero-order valence-electron chi connectivity index (χ0n) is 7.49. The lowest BCUT2D eigenvalue weighted by molar-refractivity contribution is -0.145. The predicted octanol–water partition coefficient (Wildman–Crippen LogP) is 1.43. The predicted molar refractivity (Wildman–Crippen MR) is 45.3 cm³/mol. The fourth-order valence-corrected chi connectivity index (χ4v) is 0.894. The third kappa shape index (κ3) is 3.95. The average Bonchev–Trinajstić information content (AvgIpc) is 2.04. The number of hydrogen-bond acceptors (Lipinski definition) is 4. The van der Waals surface area contributed by atoms with E-state index in [0.29, 0.717) is 13.0 Å². The summed E-state index contributed by atoms with van der Waals surface area (Å²) < 4.78 is 4.77. The van der Waals surface area contributed by atoms with Gasteiger partial charge < -0.3 is 9.94 Å². The highest BCUT2D eigenvalue weighted by Gasteiger charge is 2.16. The van der Waals surface area contributed by atoms with Crippen molar-refractivity contribution in [3.05, 3.63) is 0 Å². The summed E-state index contributed by atoms with van der Waals surface area (Å²) in [6.07, 6.45) is 2.72. The van der Waals surface area contributed by atoms with Crippen LogP contribution in [0, 0.1) is 5.92 Å². The Balaban J connectivity index is 3.99. The van der Waals surface area contributed by atoms with E-state index in [0.717, 1.165) is 6.42 Å². The molecule has 0 saturated heterocycles. The smallest absolute Gasteiger partial charge is 0.314 e. The summed E-state index contributed by atoms with van der Waals surface area (Å²) in [7, 11) is 0. The SMILES string of the molecule is CCCC(/C=N\O)C(=O)OCC. The van der Waals surface area contributed by atoms with Gasteiger partial charge in [-0.15, -0.1) is 5.16 Å². The van der Waals surface area contributed by atoms with Gasteiger partial charge in [-0.1, -0.05) is 13.3 Å². The third-order valence-corrected chi connectivity index (χ3v) is 1.44. The summed E-state index contributed by atoms with van der Waals surface area (Å²) in [5.74, 6) is -0.725. The molecular weight excluding hydrogens is 158 g/mol. The Kier molecular flexibility index (Phi) is 6.05. The molecule has 0 rings (SSSR count). The van der Waals surface area contributed by atoms with Crippen LogP contribution in [-0.4, -0.2) is 24.0 Å². The molecule has 0 bridgehead atoms. The van der Waals surface area contributed by atoms with Gasteiger partial charge in [0.05, 0.1) is 18.7 Å². The highest BCUT2D eigenvalue weighted by molar-refractivity contribution is 5.89. The highest BCUT2D eigenvalue weighted by Crippen LogP contribution is 2.05. The first-order valence-electron chi connectivity index (χ1n) is 4.10. The topological polar surface area (TPSA) is 58.9 Å². The lowest BCUT2D eigenvalue weighted by Gasteiger charge is -2.08. The molecule has 0 aliphatic heterocycles. The molecule has 4 nitrogen and oxygen atoms in total. The van der Waals surface area contributed by atoms with E-state index in [-0.39, 0.29) is 5.97 Å². The first kappa shape index (κ1) is 10.9. The summed E-state index contributed by atoms with van der Waals surface area (Å²) in [6, 6.07) is 0. The minimum atomic E-state index is -0.403. The molecule has 0 spiro atoms. The van der Waals surface area contributed by atoms with E-state index in [9.17, 15) is 4.79 Å². The van der Waals surface area contributed by atoms with Crippen molar-refractivity contribution in [3.8, 4) is 0 Å². The molecular formula is C8H15NO3. The summed E-state index contributed by atoms with van der Waals surface area (Å²) in [4.78, 5) is 11.1. The molecule has 4 heteroatoms. The monoisotopic (exact) mass is 173 g/mol. The van der Waals surface area contributed by atoms with Crippen molar-refractivity contribution in [3.63, 3.8) is 0 Å². The summed E-state index contributed by atoms with van der Waals surface area (Å²) in [5.41, 5.74) is 0. The van der Waals surface area contributed by atoms with Crippen LogP contribution in [-0.2, 0) is 9.53 Å². The van der Waals surface area contributed by atoms with Crippen molar-refractivity contribution < 1.29 is 14.7 Å². The number of ether oxygens (including phenoxy) is 1. The minimum absolute atomic E-state index is 0.322. The Hall–Kier alpha value is -1.06. The van der Waals surface area contributed by atoms with Gasteiger partial charge in [-0.25, -0.2) is 0 Å². The fourth-order valence-electron chi connectivity index (χ4n) is 0.894. The van der Waals surface area contributed by atoms with E-state index < -0.39 is 5.92 Å². The van der Waals surface area contributed by atoms with E-state index in [4.69, 9.17) is 9.94 Å². The lowest BCUT2D eigenvalue weighted by Crippen LogP contribution is -2.18. The molecule has 1 unspecified atom stereocenters. The quantitative estimate of drug-likeness (QED) is 0.296. The van der Waals surface area contributed by atoms with Gasteiger partial charge in [-0.2, -0.15) is 0 Å². The van der Waals surface area contributed by atoms with Crippen molar-refractivity contribution in [2.45, 2.75) is 26.7 Å². The molecule has 1 N–H and O–H groups in total. The van der Waals surface area contributed by atoms with Crippen molar-refractivity contribution >= 4 is 12.2 Å². The second kappa shape index (κ2) is 6.64. The van der Waals surface area contributed by atoms with E-state index in [1.807, 2.05) is 6.92 Å². The lowest BCUT2D eigenvalue weighted by atomic mass is 10.1. The summed E-state index contributed by atoms with van der Waals surface area (Å²) in [5, 5.41) is 11.1. The van der Waals surface area contributed by atoms with Crippen LogP contribution in [0.4, 0.5) is 0 Å². The van der Waals surface area contributed by atoms with Gasteiger partial charge >= 0.3 is 5.97 Å². The van der Waals surface area contributed by atoms with E-state index in [1.165, 1.54) is 6.21 Å². The Morgan fingerprint density at radius 3 is 2.75 bits per heavy atom. The third-order valence-electron chi connectivity index (χ3n) is 1.44. The molecule has 12 heavy (non-hydrogen) atoms. The summed E-state index contributed by atoms with van der Waals surface area (Å²) in [6.45, 7) is 4.06. The molecule has 0 amide bonds. The van der Waals surface area contributed by atoms with E-state index >= 15 is 0 Å². The van der Waals surface area contributed by atoms with E-state index in [2.05, 4.69) is 5.16 Å². The van der Waals surface area contributed by atoms with Crippen molar-refractivity contribution in [2.24, 2.45) is 11.1 Å². The van der Waals surface area contributed by atoms with Gasteiger partial charge in [-0.3, -0.25) is 4.79 Å². The Morgan fingerprint density at radius 1 is 1.67 bits per heavy atom. The first-order valence-corrected chi connectivity index (χ1v) is 4.10. The van der Waals surface area contributed by atoms with Gasteiger partial charge in [0, 0.05) is 0 Å². The number of oxime groups is 1. The first-order chi connectivity index (χ1) is 5.76. The molecule has 0 heterocycles. The van der Waals surface area contributed by atoms with Crippen LogP contribution in [0.5, 0.6) is 0 Å². The fraction of sp³-hybridized carbons (Fsp3) is 0.750. The molecule has 0 aromatic carbocycles. The van der Waals surface area contributed by atoms with Crippen molar-refractivity contribution in [1.82, 2.24) is 0 Å². The van der Waals surface area contributed by atoms with Gasteiger partial charge in [0.2, 0.25) is 0 Å². The minimum Gasteiger partial charge on any atom is -0.465 e. The van der Waals surface area contributed by atoms with Gasteiger partial charge in [-0.05, 0) is 13.3 Å². The van der Waals surface area contributed by atoms with Gasteiger partial charge in [0.25, 0.3) is 0 Å². The molecule has 0 fully saturated rings. The molecule has 0 saturated carbocycles. The Bertz CT molecular complexity index is 156. The molecule has 0 aliphatic rings. The zero-order chi connectivity index (χ0) is 9.40. The maximum absolute atomic E-state index is 11.1. The zero-order valence-corrected chi connectivity index (χ0v) is 7.49. The normalized spacial score (nSPS) is 13.2. The molecule has 0 aromatic rings. The molecule has 0 aliphatic carbocycles. The van der Waals surface area contributed by atoms with Gasteiger partial charge in [0.15, 0.2) is 0 Å². The van der Waals surface area contributed by atoms with Crippen LogP contribution in [0.2, 0.25) is 0 Å². The number of esters is 1. The number of hydrogen-bond donors (Lipinski definition) is 1. The largest absolute Gasteiger partial charge is 0.465 e. The number of carbonyl (C=O) groups excluding carboxylic acids is 1. The van der Waals surface area contributed by atoms with Crippen molar-refractivity contribution in [2.75, 3.05) is 6.61 Å². The highest BCUT2D eigenvalue weighted by atomic mass is 16.5. The van der Waals surface area contributed by atoms with Crippen LogP contribution in [0.3, 0.4) is 0 Å². The number of nitrogens with zero attached hydrogens (tertiary/aromatic N) is 1. The standard InChI is InChI=1S/C8H15NO3/c1-3-5-7(6-9-11)8(10)12-4-2/h6-7,11H,3-5H2,1-2H3/b9-6-. The molecule has 1 atom stereocenters. The van der Waals surface area contributed by atoms with Crippen LogP contribution in [0.25, 0.3) is 0 Å². The number of carbonyl (C=O) groups is 1. The van der Waals surface area contributed by atoms with Crippen LogP contribution in [0.15, 0.2) is 5.16 Å². The maximum Gasteiger partial charge on any atom is 0.314 e. The molecule has 0 radical (unpaired) electrons. The molecule has 0 aromatic heterocycles. The van der Waals surface area contributed by atoms with Crippen LogP contribution in [0.1, 0.15) is 26.7 Å². The number of rotatable bonds is 5. The van der Waals surface area contributed by atoms with Crippen molar-refractivity contribution in [1.29, 1.82) is 0 Å². The second-order valence-electron chi connectivity index (χ2n) is 2.41. The molecule has 70 valence electrons. The Morgan fingerprint density at radius 2 is 2.33 bits per heavy atom. The van der Waals surface area contributed by atoms with Crippen LogP contribution >= 0.6 is 0 Å².